The standard InChI is InChI=1S/C120H82N2O2Si2/c1-7-25-99(26-8-1)125(100-27-9-2-10-28-100,101-29-11-3-12-30-101)105-75-61-87(62-76-105)85-55-69-96(70-56-85)121(97-71-57-86(58-72-97)88-63-77-106(78-64-88)126(102-31-13-4-14-32-102,103-33-15-5-16-34-103)104-35-17-6-18-36-104)95-67-53-83(54-68-95)84-59-73-98(74-60-84)122-115-79-65-93(89-45-49-91(50-46-89)107-39-23-41-111-109-37-19-21-43-117(109)123-119(107)111)81-113(115)114-82-94(66-80-116(114)122)90-47-51-92(52-48-90)108-40-24-42-112-110-38-20-22-44-118(110)124-120(108)112/h1-82H. The molecule has 0 saturated heterocycles. The highest BCUT2D eigenvalue weighted by atomic mass is 28.3. The second-order valence-corrected chi connectivity index (χ2v) is 40.5. The molecule has 0 aliphatic heterocycles. The Morgan fingerprint density at radius 1 is 0.175 bits per heavy atom. The summed E-state index contributed by atoms with van der Waals surface area (Å²) in [5.74, 6) is 0. The summed E-state index contributed by atoms with van der Waals surface area (Å²) in [6, 6.07) is 184. The Labute approximate surface area is 734 Å². The van der Waals surface area contributed by atoms with Crippen LogP contribution in [0.5, 0.6) is 0 Å². The molecule has 0 unspecified atom stereocenters. The van der Waals surface area contributed by atoms with Crippen molar-refractivity contribution in [2.24, 2.45) is 0 Å². The number of para-hydroxylation sites is 4. The maximum atomic E-state index is 6.52. The lowest BCUT2D eigenvalue weighted by Gasteiger charge is -2.34. The number of hydrogen-bond acceptors (Lipinski definition) is 3. The van der Waals surface area contributed by atoms with Crippen molar-refractivity contribution in [3.8, 4) is 83.6 Å². The van der Waals surface area contributed by atoms with Crippen molar-refractivity contribution in [3.05, 3.63) is 497 Å². The summed E-state index contributed by atoms with van der Waals surface area (Å²) < 4.78 is 15.5. The first kappa shape index (κ1) is 75.0. The number of hydrogen-bond donors (Lipinski definition) is 0. The van der Waals surface area contributed by atoms with E-state index in [4.69, 9.17) is 8.83 Å². The largest absolute Gasteiger partial charge is 0.455 e. The fraction of sp³-hybridized carbons (Fsp3) is 0. The summed E-state index contributed by atoms with van der Waals surface area (Å²) in [6.07, 6.45) is 0. The molecular weight excluding hydrogens is 1560 g/mol. The van der Waals surface area contributed by atoms with Gasteiger partial charge in [0.25, 0.3) is 0 Å². The predicted octanol–water partition coefficient (Wildman–Crippen LogP) is 26.5. The fourth-order valence-electron chi connectivity index (χ4n) is 19.9. The second kappa shape index (κ2) is 31.8. The summed E-state index contributed by atoms with van der Waals surface area (Å²) in [7, 11) is -5.44. The van der Waals surface area contributed by atoms with Gasteiger partial charge in [0.2, 0.25) is 0 Å². The molecular formula is C120H82N2O2Si2. The molecule has 0 N–H and O–H groups in total. The quantitative estimate of drug-likeness (QED) is 0.0598. The molecule has 6 heteroatoms. The average molecular weight is 1640 g/mol. The maximum absolute atomic E-state index is 6.52. The van der Waals surface area contributed by atoms with E-state index in [0.717, 1.165) is 156 Å². The second-order valence-electron chi connectivity index (χ2n) is 32.9. The van der Waals surface area contributed by atoms with Gasteiger partial charge in [0.15, 0.2) is 16.1 Å². The zero-order chi connectivity index (χ0) is 83.5. The van der Waals surface area contributed by atoms with E-state index in [-0.39, 0.29) is 0 Å². The minimum Gasteiger partial charge on any atom is -0.455 e. The SMILES string of the molecule is c1ccc([Si](c2ccccc2)(c2ccccc2)c2ccc(-c3ccc(N(c4ccc(-c5ccc(-n6c7ccc(-c8ccc(-c9cccc%10c9oc9ccccc9%10)cc8)cc7c7cc(-c8ccc(-c9cccc%10c9oc9ccccc9%10)cc8)ccc76)cc5)cc4)c4ccc(-c5ccc([Si](c6ccccc6)(c6ccccc6)c6ccccc6)cc5)cc4)cc3)cc2)cc1. The van der Waals surface area contributed by atoms with Gasteiger partial charge in [-0.2, -0.15) is 0 Å². The summed E-state index contributed by atoms with van der Waals surface area (Å²) in [6.45, 7) is 0. The molecule has 126 heavy (non-hydrogen) atoms. The maximum Gasteiger partial charge on any atom is 0.179 e. The normalized spacial score (nSPS) is 11.8. The molecule has 592 valence electrons. The monoisotopic (exact) mass is 1640 g/mol. The fourth-order valence-corrected chi connectivity index (χ4v) is 29.4. The van der Waals surface area contributed by atoms with E-state index in [1.54, 1.807) is 0 Å². The minimum absolute atomic E-state index is 0.896. The Morgan fingerprint density at radius 3 is 0.730 bits per heavy atom. The zero-order valence-corrected chi connectivity index (χ0v) is 71.1. The van der Waals surface area contributed by atoms with Crippen molar-refractivity contribution >= 4 is 140 Å². The van der Waals surface area contributed by atoms with E-state index in [9.17, 15) is 0 Å². The van der Waals surface area contributed by atoms with Crippen LogP contribution < -0.4 is 46.4 Å². The van der Waals surface area contributed by atoms with Crippen LogP contribution in [-0.2, 0) is 0 Å². The number of benzene rings is 20. The third kappa shape index (κ3) is 13.0. The molecule has 0 amide bonds. The number of anilines is 3. The van der Waals surface area contributed by atoms with Gasteiger partial charge in [0.1, 0.15) is 22.3 Å². The molecule has 0 bridgehead atoms. The zero-order valence-electron chi connectivity index (χ0n) is 69.1. The lowest BCUT2D eigenvalue weighted by atomic mass is 9.97. The molecule has 0 radical (unpaired) electrons. The topological polar surface area (TPSA) is 34.5 Å². The molecule has 23 rings (SSSR count). The van der Waals surface area contributed by atoms with Gasteiger partial charge in [-0.1, -0.05) is 413 Å². The minimum atomic E-state index is -2.72. The molecule has 23 aromatic rings. The summed E-state index contributed by atoms with van der Waals surface area (Å²) in [4.78, 5) is 2.39. The number of fused-ring (bicyclic) bond motifs is 9. The van der Waals surface area contributed by atoms with Crippen LogP contribution in [0.1, 0.15) is 0 Å². The molecule has 0 saturated carbocycles. The first-order valence-corrected chi connectivity index (χ1v) is 47.3. The lowest BCUT2D eigenvalue weighted by Crippen LogP contribution is -2.74. The Balaban J connectivity index is 0.589. The molecule has 20 aromatic carbocycles. The third-order valence-electron chi connectivity index (χ3n) is 26.0. The highest BCUT2D eigenvalue weighted by Crippen LogP contribution is 2.44. The Kier molecular flexibility index (Phi) is 18.9. The van der Waals surface area contributed by atoms with Crippen LogP contribution in [0.15, 0.2) is 506 Å². The molecule has 0 atom stereocenters. The van der Waals surface area contributed by atoms with E-state index in [1.165, 1.54) is 52.3 Å². The Hall–Kier alpha value is -16.0. The third-order valence-corrected chi connectivity index (χ3v) is 35.6. The number of nitrogens with zero attached hydrogens (tertiary/aromatic N) is 2. The lowest BCUT2D eigenvalue weighted by molar-refractivity contribution is 0.669. The Morgan fingerprint density at radius 2 is 0.413 bits per heavy atom. The van der Waals surface area contributed by atoms with Crippen LogP contribution in [0.3, 0.4) is 0 Å². The van der Waals surface area contributed by atoms with Crippen molar-refractivity contribution in [3.63, 3.8) is 0 Å². The molecule has 3 aromatic heterocycles. The Bertz CT molecular complexity index is 7280. The van der Waals surface area contributed by atoms with Crippen molar-refractivity contribution in [1.29, 1.82) is 0 Å². The van der Waals surface area contributed by atoms with E-state index >= 15 is 0 Å². The van der Waals surface area contributed by atoms with Crippen molar-refractivity contribution in [2.75, 3.05) is 4.90 Å². The van der Waals surface area contributed by atoms with E-state index in [1.807, 2.05) is 24.3 Å². The molecule has 0 fully saturated rings. The van der Waals surface area contributed by atoms with Crippen LogP contribution in [0.2, 0.25) is 0 Å². The first-order valence-electron chi connectivity index (χ1n) is 43.3. The molecule has 3 heterocycles. The van der Waals surface area contributed by atoms with Gasteiger partial charge in [0.05, 0.1) is 11.0 Å². The van der Waals surface area contributed by atoms with E-state index in [0.29, 0.717) is 0 Å². The van der Waals surface area contributed by atoms with Crippen molar-refractivity contribution in [1.82, 2.24) is 4.57 Å². The van der Waals surface area contributed by atoms with Crippen LogP contribution >= 0.6 is 0 Å². The van der Waals surface area contributed by atoms with Gasteiger partial charge in [-0.15, -0.1) is 0 Å². The smallest absolute Gasteiger partial charge is 0.179 e. The average Bonchev–Trinajstić information content (AvgIpc) is 1.42. The van der Waals surface area contributed by atoms with Crippen molar-refractivity contribution in [2.45, 2.75) is 0 Å². The van der Waals surface area contributed by atoms with Crippen LogP contribution in [-0.4, -0.2) is 20.7 Å². The van der Waals surface area contributed by atoms with E-state index < -0.39 is 16.1 Å². The first-order chi connectivity index (χ1) is 62.4. The highest BCUT2D eigenvalue weighted by molar-refractivity contribution is 7.20. The molecule has 0 aliphatic rings. The predicted molar refractivity (Wildman–Crippen MR) is 535 cm³/mol. The van der Waals surface area contributed by atoms with Gasteiger partial charge < -0.3 is 18.3 Å². The number of rotatable bonds is 19. The van der Waals surface area contributed by atoms with Crippen LogP contribution in [0.25, 0.3) is 149 Å². The van der Waals surface area contributed by atoms with Crippen LogP contribution in [0.4, 0.5) is 17.1 Å². The van der Waals surface area contributed by atoms with Crippen LogP contribution in [0, 0.1) is 0 Å². The van der Waals surface area contributed by atoms with E-state index in [2.05, 4.69) is 483 Å². The molecule has 0 aliphatic carbocycles. The van der Waals surface area contributed by atoms with Gasteiger partial charge in [-0.25, -0.2) is 0 Å². The molecule has 4 nitrogen and oxygen atoms in total. The van der Waals surface area contributed by atoms with Gasteiger partial charge in [-0.3, -0.25) is 0 Å². The highest BCUT2D eigenvalue weighted by Gasteiger charge is 2.43. The van der Waals surface area contributed by atoms with Gasteiger partial charge in [-0.05, 0) is 193 Å². The van der Waals surface area contributed by atoms with Crippen molar-refractivity contribution < 1.29 is 8.83 Å². The number of furan rings is 2. The number of aromatic nitrogens is 1. The molecule has 0 spiro atoms. The van der Waals surface area contributed by atoms with Gasteiger partial charge in [0, 0.05) is 66.2 Å². The van der Waals surface area contributed by atoms with Gasteiger partial charge >= 0.3 is 0 Å². The summed E-state index contributed by atoms with van der Waals surface area (Å²) >= 11 is 0. The summed E-state index contributed by atoms with van der Waals surface area (Å²) in [5, 5.41) is 17.7. The summed E-state index contributed by atoms with van der Waals surface area (Å²) in [5.41, 5.74) is 25.9.